The fourth-order valence-electron chi connectivity index (χ4n) is 1.23. The topological polar surface area (TPSA) is 66.4 Å². The van der Waals surface area contributed by atoms with E-state index in [0.29, 0.717) is 0 Å². The number of rotatable bonds is 4. The molecule has 0 aliphatic heterocycles. The molecule has 94 valence electrons. The zero-order valence-corrected chi connectivity index (χ0v) is 11.8. The molecule has 0 spiro atoms. The van der Waals surface area contributed by atoms with Gasteiger partial charge in [-0.1, -0.05) is 18.2 Å². The second-order valence-corrected chi connectivity index (χ2v) is 4.61. The Balaban J connectivity index is 2.90. The van der Waals surface area contributed by atoms with Gasteiger partial charge in [-0.25, -0.2) is 4.79 Å². The van der Waals surface area contributed by atoms with E-state index in [1.165, 1.54) is 12.1 Å². The summed E-state index contributed by atoms with van der Waals surface area (Å²) in [7, 11) is 0. The van der Waals surface area contributed by atoms with Crippen molar-refractivity contribution in [3.05, 3.63) is 51.6 Å². The zero-order valence-electron chi connectivity index (χ0n) is 9.68. The van der Waals surface area contributed by atoms with Crippen LogP contribution in [-0.4, -0.2) is 17.0 Å². The van der Waals surface area contributed by atoms with Crippen LogP contribution >= 0.6 is 22.6 Å². The van der Waals surface area contributed by atoms with Gasteiger partial charge >= 0.3 is 5.97 Å². The Kier molecular flexibility index (Phi) is 5.57. The molecule has 0 heterocycles. The lowest BCUT2D eigenvalue weighted by atomic mass is 10.2. The average molecular weight is 357 g/mol. The van der Waals surface area contributed by atoms with E-state index in [1.54, 1.807) is 30.4 Å². The van der Waals surface area contributed by atoms with E-state index < -0.39 is 5.97 Å². The smallest absolute Gasteiger partial charge is 0.337 e. The lowest BCUT2D eigenvalue weighted by molar-refractivity contribution is -0.111. The van der Waals surface area contributed by atoms with E-state index in [9.17, 15) is 9.59 Å². The van der Waals surface area contributed by atoms with Gasteiger partial charge in [-0.05, 0) is 47.7 Å². The number of hydrogen-bond donors (Lipinski definition) is 2. The third kappa shape index (κ3) is 4.33. The van der Waals surface area contributed by atoms with E-state index >= 15 is 0 Å². The van der Waals surface area contributed by atoms with Crippen molar-refractivity contribution in [2.75, 3.05) is 5.32 Å². The first-order chi connectivity index (χ1) is 8.54. The maximum Gasteiger partial charge on any atom is 0.337 e. The first kappa shape index (κ1) is 14.4. The summed E-state index contributed by atoms with van der Waals surface area (Å²) in [6.07, 6.45) is 6.43. The van der Waals surface area contributed by atoms with Crippen LogP contribution in [0.25, 0.3) is 0 Å². The van der Waals surface area contributed by atoms with E-state index in [0.717, 1.165) is 3.57 Å². The highest BCUT2D eigenvalue weighted by molar-refractivity contribution is 14.1. The maximum atomic E-state index is 11.5. The minimum absolute atomic E-state index is 0.0784. The number of halogens is 1. The van der Waals surface area contributed by atoms with Gasteiger partial charge < -0.3 is 10.4 Å². The quantitative estimate of drug-likeness (QED) is 0.495. The van der Waals surface area contributed by atoms with Crippen LogP contribution in [0.2, 0.25) is 0 Å². The third-order valence-electron chi connectivity index (χ3n) is 2.02. The molecule has 1 aromatic carbocycles. The summed E-state index contributed by atoms with van der Waals surface area (Å²) in [5.74, 6) is -1.43. The zero-order chi connectivity index (χ0) is 13.5. The van der Waals surface area contributed by atoms with Crippen molar-refractivity contribution in [2.24, 2.45) is 0 Å². The van der Waals surface area contributed by atoms with Crippen molar-refractivity contribution in [2.45, 2.75) is 6.92 Å². The van der Waals surface area contributed by atoms with Gasteiger partial charge in [0.1, 0.15) is 0 Å². The molecule has 0 atom stereocenters. The number of benzene rings is 1. The monoisotopic (exact) mass is 357 g/mol. The molecule has 1 amide bonds. The minimum Gasteiger partial charge on any atom is -0.478 e. The van der Waals surface area contributed by atoms with E-state index in [4.69, 9.17) is 5.11 Å². The largest absolute Gasteiger partial charge is 0.478 e. The number of aromatic carboxylic acids is 1. The predicted octanol–water partition coefficient (Wildman–Crippen LogP) is 3.06. The van der Waals surface area contributed by atoms with E-state index in [1.807, 2.05) is 29.5 Å². The summed E-state index contributed by atoms with van der Waals surface area (Å²) >= 11 is 2.02. The summed E-state index contributed by atoms with van der Waals surface area (Å²) in [6.45, 7) is 1.84. The molecule has 0 aromatic heterocycles. The minimum atomic E-state index is -1.07. The molecule has 0 aliphatic rings. The summed E-state index contributed by atoms with van der Waals surface area (Å²) in [4.78, 5) is 22.6. The van der Waals surface area contributed by atoms with Gasteiger partial charge in [0.25, 0.3) is 0 Å². The van der Waals surface area contributed by atoms with Crippen LogP contribution in [0.4, 0.5) is 5.69 Å². The highest BCUT2D eigenvalue weighted by Gasteiger charge is 2.11. The summed E-state index contributed by atoms with van der Waals surface area (Å²) < 4.78 is 0.799. The molecule has 1 rings (SSSR count). The fraction of sp³-hybridized carbons (Fsp3) is 0.0769. The van der Waals surface area contributed by atoms with Crippen LogP contribution in [0.3, 0.4) is 0 Å². The number of carboxylic acids is 1. The molecule has 5 heteroatoms. The van der Waals surface area contributed by atoms with Gasteiger partial charge in [-0.2, -0.15) is 0 Å². The number of amides is 1. The van der Waals surface area contributed by atoms with Crippen molar-refractivity contribution < 1.29 is 14.7 Å². The summed E-state index contributed by atoms with van der Waals surface area (Å²) in [6, 6.07) is 4.82. The first-order valence-corrected chi connectivity index (χ1v) is 6.25. The fourth-order valence-corrected chi connectivity index (χ4v) is 1.72. The van der Waals surface area contributed by atoms with Gasteiger partial charge in [0.05, 0.1) is 11.3 Å². The predicted molar refractivity (Wildman–Crippen MR) is 78.7 cm³/mol. The molecule has 0 saturated carbocycles. The van der Waals surface area contributed by atoms with Crippen molar-refractivity contribution in [1.29, 1.82) is 0 Å². The number of carbonyl (C=O) groups excluding carboxylic acids is 1. The Labute approximate surface area is 119 Å². The van der Waals surface area contributed by atoms with Crippen LogP contribution in [0.15, 0.2) is 42.5 Å². The molecule has 0 unspecified atom stereocenters. The lowest BCUT2D eigenvalue weighted by Gasteiger charge is -2.06. The Morgan fingerprint density at radius 1 is 1.33 bits per heavy atom. The molecule has 0 bridgehead atoms. The van der Waals surface area contributed by atoms with Gasteiger partial charge in [0.2, 0.25) is 5.91 Å². The molecule has 0 saturated heterocycles. The highest BCUT2D eigenvalue weighted by atomic mass is 127. The molecule has 2 N–H and O–H groups in total. The first-order valence-electron chi connectivity index (χ1n) is 5.17. The average Bonchev–Trinajstić information content (AvgIpc) is 2.31. The Hall–Kier alpha value is -1.63. The molecule has 4 nitrogen and oxygen atoms in total. The van der Waals surface area contributed by atoms with E-state index in [2.05, 4.69) is 5.32 Å². The van der Waals surface area contributed by atoms with Gasteiger partial charge in [-0.3, -0.25) is 4.79 Å². The molecule has 0 radical (unpaired) electrons. The Morgan fingerprint density at radius 3 is 2.67 bits per heavy atom. The number of carboxylic acid groups (broad SMARTS) is 1. The standard InChI is InChI=1S/C13H12INO3/c1-2-3-4-5-12(16)15-11-7-6-9(14)8-10(11)13(17)18/h2-8H,1H3,(H,15,16)(H,17,18). The summed E-state index contributed by atoms with van der Waals surface area (Å²) in [5.41, 5.74) is 0.368. The third-order valence-corrected chi connectivity index (χ3v) is 2.69. The SMILES string of the molecule is CC=CC=CC(=O)Nc1ccc(I)cc1C(=O)O. The maximum absolute atomic E-state index is 11.5. The van der Waals surface area contributed by atoms with Crippen LogP contribution in [0.5, 0.6) is 0 Å². The van der Waals surface area contributed by atoms with Gasteiger partial charge in [0, 0.05) is 9.65 Å². The highest BCUT2D eigenvalue weighted by Crippen LogP contribution is 2.18. The number of hydrogen-bond acceptors (Lipinski definition) is 2. The van der Waals surface area contributed by atoms with Gasteiger partial charge in [-0.15, -0.1) is 0 Å². The second kappa shape index (κ2) is 6.95. The van der Waals surface area contributed by atoms with Crippen molar-refractivity contribution >= 4 is 40.2 Å². The van der Waals surface area contributed by atoms with Crippen molar-refractivity contribution in [1.82, 2.24) is 0 Å². The van der Waals surface area contributed by atoms with Crippen molar-refractivity contribution in [3.8, 4) is 0 Å². The van der Waals surface area contributed by atoms with Crippen molar-refractivity contribution in [3.63, 3.8) is 0 Å². The van der Waals surface area contributed by atoms with E-state index in [-0.39, 0.29) is 17.2 Å². The molecule has 0 fully saturated rings. The molecular formula is C13H12INO3. The molecule has 1 aromatic rings. The molecular weight excluding hydrogens is 345 g/mol. The number of carbonyl (C=O) groups is 2. The normalized spacial score (nSPS) is 11.0. The summed E-state index contributed by atoms with van der Waals surface area (Å²) in [5, 5.41) is 11.6. The molecule has 18 heavy (non-hydrogen) atoms. The van der Waals surface area contributed by atoms with Crippen LogP contribution in [-0.2, 0) is 4.79 Å². The Bertz CT molecular complexity index is 521. The Morgan fingerprint density at radius 2 is 2.06 bits per heavy atom. The van der Waals surface area contributed by atoms with Crippen LogP contribution < -0.4 is 5.32 Å². The van der Waals surface area contributed by atoms with Gasteiger partial charge in [0.15, 0.2) is 0 Å². The second-order valence-electron chi connectivity index (χ2n) is 3.37. The van der Waals surface area contributed by atoms with Crippen LogP contribution in [0.1, 0.15) is 17.3 Å². The number of nitrogens with one attached hydrogen (secondary N) is 1. The van der Waals surface area contributed by atoms with Crippen LogP contribution in [0, 0.1) is 3.57 Å². The molecule has 0 aliphatic carbocycles. The lowest BCUT2D eigenvalue weighted by Crippen LogP contribution is -2.12. The number of allylic oxidation sites excluding steroid dienone is 3. The number of anilines is 1.